The van der Waals surface area contributed by atoms with Crippen molar-refractivity contribution < 1.29 is 38.8 Å². The van der Waals surface area contributed by atoms with Crippen LogP contribution >= 0.6 is 0 Å². The molecule has 0 aromatic heterocycles. The van der Waals surface area contributed by atoms with Crippen LogP contribution in [0.15, 0.2) is 60.3 Å². The molecule has 1 heterocycles. The number of unbranched alkanes of at least 4 members (excludes halogenated alkanes) is 2. The average Bonchev–Trinajstić information content (AvgIpc) is 3.09. The van der Waals surface area contributed by atoms with Crippen LogP contribution in [0.1, 0.15) is 83.6 Å². The molecule has 6 unspecified atom stereocenters. The highest BCUT2D eigenvalue weighted by molar-refractivity contribution is 6.02. The van der Waals surface area contributed by atoms with Gasteiger partial charge in [0.1, 0.15) is 30.8 Å². The van der Waals surface area contributed by atoms with Gasteiger partial charge in [-0.3, -0.25) is 4.90 Å². The molecule has 6 atom stereocenters. The Morgan fingerprint density at radius 3 is 2.48 bits per heavy atom. The number of benzene rings is 1. The molecule has 266 valence electrons. The minimum Gasteiger partial charge on any atom is -0.490 e. The molecule has 0 spiro atoms. The molecule has 1 fully saturated rings. The second-order valence-corrected chi connectivity index (χ2v) is 12.7. The predicted molar refractivity (Wildman–Crippen MR) is 186 cm³/mol. The number of carbonyl (C=O) groups excluding carboxylic acids is 1. The first kappa shape index (κ1) is 37.5. The predicted octanol–water partition coefficient (Wildman–Crippen LogP) is 6.77. The number of carbonyl (C=O) groups is 1. The van der Waals surface area contributed by atoms with Crippen LogP contribution in [0, 0.1) is 17.8 Å². The van der Waals surface area contributed by atoms with E-state index in [9.17, 15) is 15.0 Å². The zero-order valence-corrected chi connectivity index (χ0v) is 29.1. The maximum absolute atomic E-state index is 13.7. The van der Waals surface area contributed by atoms with E-state index < -0.39 is 17.9 Å². The molecule has 3 aliphatic rings. The van der Waals surface area contributed by atoms with Crippen LogP contribution in [0.5, 0.6) is 11.5 Å². The van der Waals surface area contributed by atoms with E-state index in [1.807, 2.05) is 26.0 Å². The quantitative estimate of drug-likeness (QED) is 0.0888. The molecule has 4 rings (SSSR count). The molecule has 10 heteroatoms. The van der Waals surface area contributed by atoms with Crippen molar-refractivity contribution in [3.05, 3.63) is 60.7 Å². The van der Waals surface area contributed by atoms with E-state index in [1.54, 1.807) is 24.0 Å². The second kappa shape index (κ2) is 18.4. The van der Waals surface area contributed by atoms with Crippen LogP contribution < -0.4 is 9.47 Å². The Morgan fingerprint density at radius 1 is 1.06 bits per heavy atom. The van der Waals surface area contributed by atoms with Gasteiger partial charge < -0.3 is 34.0 Å². The number of ether oxygens (including phenoxy) is 4. The van der Waals surface area contributed by atoms with Gasteiger partial charge in [-0.05, 0) is 81.6 Å². The first-order valence-corrected chi connectivity index (χ1v) is 17.8. The monoisotopic (exact) mass is 668 g/mol. The van der Waals surface area contributed by atoms with Crippen LogP contribution in [-0.2, 0) is 14.3 Å². The van der Waals surface area contributed by atoms with Crippen molar-refractivity contribution in [3.8, 4) is 11.5 Å². The third-order valence-electron chi connectivity index (χ3n) is 9.66. The summed E-state index contributed by atoms with van der Waals surface area (Å²) in [6, 6.07) is 5.33. The molecule has 2 aliphatic carbocycles. The summed E-state index contributed by atoms with van der Waals surface area (Å²) in [5.41, 5.74) is 2.79. The molecule has 0 bridgehead atoms. The average molecular weight is 669 g/mol. The Morgan fingerprint density at radius 2 is 1.81 bits per heavy atom. The molecule has 2 N–H and O–H groups in total. The Hall–Kier alpha value is -3.34. The summed E-state index contributed by atoms with van der Waals surface area (Å²) in [4.78, 5) is 21.2. The number of hydrogen-bond acceptors (Lipinski definition) is 9. The van der Waals surface area contributed by atoms with Gasteiger partial charge in [-0.1, -0.05) is 49.7 Å². The number of fused-ring (bicyclic) bond motifs is 2. The van der Waals surface area contributed by atoms with Crippen LogP contribution in [0.25, 0.3) is 0 Å². The second-order valence-electron chi connectivity index (χ2n) is 12.7. The number of amides is 1. The fourth-order valence-electron chi connectivity index (χ4n) is 7.86. The van der Waals surface area contributed by atoms with Crippen LogP contribution in [0.3, 0.4) is 0 Å². The Kier molecular flexibility index (Phi) is 14.4. The number of hydrogen-bond donors (Lipinski definition) is 2. The van der Waals surface area contributed by atoms with E-state index in [1.165, 1.54) is 0 Å². The largest absolute Gasteiger partial charge is 0.490 e. The lowest BCUT2D eigenvalue weighted by Gasteiger charge is -2.59. The summed E-state index contributed by atoms with van der Waals surface area (Å²) in [7, 11) is 0. The molecular formula is C38H56N2O8. The molecule has 0 saturated heterocycles. The third-order valence-corrected chi connectivity index (χ3v) is 9.66. The first-order valence-electron chi connectivity index (χ1n) is 17.8. The number of nitrogens with zero attached hydrogens (tertiary/aromatic N) is 2. The van der Waals surface area contributed by atoms with E-state index in [-0.39, 0.29) is 50.1 Å². The Balaban J connectivity index is 2.03. The van der Waals surface area contributed by atoms with Gasteiger partial charge in [0.05, 0.1) is 24.8 Å². The number of aliphatic hydroxyl groups is 2. The topological polar surface area (TPSA) is 119 Å². The maximum atomic E-state index is 13.7. The third kappa shape index (κ3) is 8.09. The van der Waals surface area contributed by atoms with Crippen molar-refractivity contribution in [2.24, 2.45) is 22.9 Å². The summed E-state index contributed by atoms with van der Waals surface area (Å²) in [5, 5.41) is 24.2. The highest BCUT2D eigenvalue weighted by atomic mass is 16.7. The summed E-state index contributed by atoms with van der Waals surface area (Å²) >= 11 is 0. The van der Waals surface area contributed by atoms with Crippen molar-refractivity contribution in [2.75, 3.05) is 46.2 Å². The number of aliphatic hydroxyl groups excluding tert-OH is 2. The molecule has 1 aromatic rings. The standard InChI is InChI=1S/C38H56N2O8/c1-6-19-40(37(43)44-9-4)34-26-32(39-47-10-5)30-24-27(15-11-13-20-41)29(16-12-14-21-42)35-31-25-28(45-22-7-2)17-18-33(31)48-38(34,36(30)35)46-23-8-3/h7-8,17-18,24-25,27,29,34-36,41-42H,2-3,6,9-16,19-23,26H2,1,4-5H3. The van der Waals surface area contributed by atoms with Gasteiger partial charge in [0.2, 0.25) is 5.79 Å². The van der Waals surface area contributed by atoms with Crippen LogP contribution in [0.4, 0.5) is 4.79 Å². The molecule has 48 heavy (non-hydrogen) atoms. The lowest BCUT2D eigenvalue weighted by Crippen LogP contribution is -2.70. The van der Waals surface area contributed by atoms with Crippen LogP contribution in [0.2, 0.25) is 0 Å². The van der Waals surface area contributed by atoms with Crippen LogP contribution in [-0.4, -0.2) is 84.9 Å². The van der Waals surface area contributed by atoms with E-state index in [0.29, 0.717) is 50.5 Å². The minimum absolute atomic E-state index is 0.107. The lowest BCUT2D eigenvalue weighted by atomic mass is 9.55. The lowest BCUT2D eigenvalue weighted by molar-refractivity contribution is -0.255. The fourth-order valence-corrected chi connectivity index (χ4v) is 7.86. The summed E-state index contributed by atoms with van der Waals surface area (Å²) < 4.78 is 25.7. The Bertz CT molecular complexity index is 1280. The van der Waals surface area contributed by atoms with E-state index in [0.717, 1.165) is 49.0 Å². The molecule has 1 aromatic carbocycles. The molecule has 10 nitrogen and oxygen atoms in total. The zero-order valence-electron chi connectivity index (χ0n) is 29.1. The maximum Gasteiger partial charge on any atom is 0.410 e. The van der Waals surface area contributed by atoms with Crippen molar-refractivity contribution in [2.45, 2.75) is 89.9 Å². The number of rotatable bonds is 20. The molecule has 1 saturated carbocycles. The Labute approximate surface area is 286 Å². The van der Waals surface area contributed by atoms with Crippen molar-refractivity contribution in [1.82, 2.24) is 4.90 Å². The molecular weight excluding hydrogens is 612 g/mol. The molecule has 0 radical (unpaired) electrons. The van der Waals surface area contributed by atoms with Gasteiger partial charge in [-0.15, -0.1) is 6.58 Å². The number of oxime groups is 1. The summed E-state index contributed by atoms with van der Waals surface area (Å²) in [5.74, 6) is -0.0595. The zero-order chi connectivity index (χ0) is 34.5. The van der Waals surface area contributed by atoms with Gasteiger partial charge in [0, 0.05) is 37.7 Å². The SMILES string of the molecule is C=CCOc1ccc2c(c1)C1C(CCCCO)C(CCCCO)C=C3C(=NOCC)CC(N(CCC)C(=O)OCC)C(OCC=C)(O2)C31. The highest BCUT2D eigenvalue weighted by Crippen LogP contribution is 2.62. The van der Waals surface area contributed by atoms with E-state index in [2.05, 4.69) is 25.3 Å². The van der Waals surface area contributed by atoms with Crippen molar-refractivity contribution in [3.63, 3.8) is 0 Å². The highest BCUT2D eigenvalue weighted by Gasteiger charge is 2.65. The van der Waals surface area contributed by atoms with E-state index in [4.69, 9.17) is 28.9 Å². The fraction of sp³-hybridized carbons (Fsp3) is 0.632. The van der Waals surface area contributed by atoms with Crippen molar-refractivity contribution >= 4 is 11.8 Å². The first-order chi connectivity index (χ1) is 23.4. The van der Waals surface area contributed by atoms with Gasteiger partial charge in [0.25, 0.3) is 0 Å². The van der Waals surface area contributed by atoms with Gasteiger partial charge >= 0.3 is 6.09 Å². The summed E-state index contributed by atoms with van der Waals surface area (Å²) in [6.45, 7) is 15.5. The number of allylic oxidation sites excluding steroid dienone is 1. The van der Waals surface area contributed by atoms with Gasteiger partial charge in [-0.2, -0.15) is 0 Å². The minimum atomic E-state index is -1.29. The van der Waals surface area contributed by atoms with Gasteiger partial charge in [0.15, 0.2) is 0 Å². The summed E-state index contributed by atoms with van der Waals surface area (Å²) in [6.07, 6.45) is 11.3. The molecule has 1 aliphatic heterocycles. The smallest absolute Gasteiger partial charge is 0.410 e. The normalized spacial score (nSPS) is 26.4. The molecule has 1 amide bonds. The van der Waals surface area contributed by atoms with Gasteiger partial charge in [-0.25, -0.2) is 4.79 Å². The van der Waals surface area contributed by atoms with Crippen molar-refractivity contribution in [1.29, 1.82) is 0 Å². The van der Waals surface area contributed by atoms with E-state index >= 15 is 0 Å².